The van der Waals surface area contributed by atoms with Crippen molar-refractivity contribution in [2.75, 3.05) is 50.8 Å². The van der Waals surface area contributed by atoms with Crippen molar-refractivity contribution < 1.29 is 51.6 Å². The fraction of sp³-hybridized carbons (Fsp3) is 0.559. The van der Waals surface area contributed by atoms with Gasteiger partial charge in [-0.15, -0.1) is 0 Å². The number of rotatable bonds is 8. The molecular formula is C34H45F3N4O8. The predicted molar refractivity (Wildman–Crippen MR) is 175 cm³/mol. The van der Waals surface area contributed by atoms with Gasteiger partial charge in [-0.1, -0.05) is 6.92 Å². The van der Waals surface area contributed by atoms with Crippen LogP contribution in [0, 0.1) is 5.92 Å². The van der Waals surface area contributed by atoms with Gasteiger partial charge in [0.1, 0.15) is 5.75 Å². The van der Waals surface area contributed by atoms with E-state index in [1.165, 1.54) is 28.0 Å². The fourth-order valence-corrected chi connectivity index (χ4v) is 5.49. The number of carbonyl (C=O) groups is 3. The van der Waals surface area contributed by atoms with Gasteiger partial charge in [0.05, 0.1) is 36.8 Å². The van der Waals surface area contributed by atoms with E-state index in [-0.39, 0.29) is 61.5 Å². The zero-order valence-corrected chi connectivity index (χ0v) is 28.2. The van der Waals surface area contributed by atoms with Crippen molar-refractivity contribution in [2.45, 2.75) is 77.3 Å². The number of nitrogens with zero attached hydrogens (tertiary/aromatic N) is 2. The van der Waals surface area contributed by atoms with Crippen molar-refractivity contribution in [2.24, 2.45) is 5.92 Å². The summed E-state index contributed by atoms with van der Waals surface area (Å²) in [5.74, 6) is -0.306. The Morgan fingerprint density at radius 3 is 2.45 bits per heavy atom. The van der Waals surface area contributed by atoms with Gasteiger partial charge in [-0.3, -0.25) is 9.59 Å². The number of halogens is 3. The van der Waals surface area contributed by atoms with E-state index in [0.717, 1.165) is 12.8 Å². The van der Waals surface area contributed by atoms with Crippen LogP contribution in [0.2, 0.25) is 0 Å². The van der Waals surface area contributed by atoms with Crippen molar-refractivity contribution in [1.29, 1.82) is 0 Å². The normalized spacial score (nSPS) is 20.8. The van der Waals surface area contributed by atoms with Gasteiger partial charge in [0.25, 0.3) is 5.91 Å². The monoisotopic (exact) mass is 694 g/mol. The van der Waals surface area contributed by atoms with Crippen molar-refractivity contribution in [3.8, 4) is 17.2 Å². The number of urea groups is 1. The Morgan fingerprint density at radius 2 is 1.73 bits per heavy atom. The van der Waals surface area contributed by atoms with Crippen LogP contribution in [0.3, 0.4) is 0 Å². The average Bonchev–Trinajstić information content (AvgIpc) is 3.52. The van der Waals surface area contributed by atoms with Crippen LogP contribution in [-0.2, 0) is 9.53 Å². The topological polar surface area (TPSA) is 139 Å². The number of likely N-dealkylation sites (N-methyl/N-ethyl adjacent to an activating group) is 1. The summed E-state index contributed by atoms with van der Waals surface area (Å²) < 4.78 is 61.2. The van der Waals surface area contributed by atoms with Crippen LogP contribution in [0.5, 0.6) is 17.2 Å². The van der Waals surface area contributed by atoms with E-state index in [1.807, 2.05) is 13.8 Å². The molecule has 0 unspecified atom stereocenters. The second-order valence-electron chi connectivity index (χ2n) is 12.6. The summed E-state index contributed by atoms with van der Waals surface area (Å²) in [5, 5.41) is 15.4. The molecule has 4 atom stereocenters. The van der Waals surface area contributed by atoms with Crippen molar-refractivity contribution in [3.05, 3.63) is 42.0 Å². The summed E-state index contributed by atoms with van der Waals surface area (Å²) in [5.41, 5.74) is 0.751. The highest BCUT2D eigenvalue weighted by molar-refractivity contribution is 5.99. The van der Waals surface area contributed by atoms with E-state index < -0.39 is 43.0 Å². The number of carbonyl (C=O) groups excluding carboxylic acids is 3. The maximum atomic E-state index is 14.2. The molecule has 2 aromatic rings. The standard InChI is InChI=1S/C34H45F3N4O8/c1-21-17-41(22(2)19-42)32(44)26-15-24(38-31(43)12-13-34(35,36)37)8-10-27(26)49-23(3)7-5-6-14-46-30(21)18-40(4)33(45)39-25-9-11-28-29(16-25)48-20-47-28/h8-11,15-16,21-23,30,42H,5-7,12-14,17-20H2,1-4H3,(H,38,43)(H,39,45)/t21-,22+,23+,30+/m0/s1. The first-order valence-corrected chi connectivity index (χ1v) is 16.4. The molecule has 270 valence electrons. The Kier molecular flexibility index (Phi) is 13.0. The SMILES string of the molecule is C[C@@H]1CCCCO[C@H](CN(C)C(=O)Nc2ccc3c(c2)OCO3)[C@@H](C)CN([C@H](C)CO)C(=O)c2cc(NC(=O)CCC(F)(F)F)ccc2O1. The number of aliphatic hydroxyl groups excluding tert-OH is 1. The number of alkyl halides is 3. The number of benzene rings is 2. The number of fused-ring (bicyclic) bond motifs is 2. The molecule has 15 heteroatoms. The predicted octanol–water partition coefficient (Wildman–Crippen LogP) is 5.66. The lowest BCUT2D eigenvalue weighted by atomic mass is 10.0. The minimum atomic E-state index is -4.49. The zero-order valence-electron chi connectivity index (χ0n) is 28.2. The summed E-state index contributed by atoms with van der Waals surface area (Å²) in [6.45, 7) is 5.91. The van der Waals surface area contributed by atoms with Crippen molar-refractivity contribution in [3.63, 3.8) is 0 Å². The first-order chi connectivity index (χ1) is 23.2. The van der Waals surface area contributed by atoms with Crippen LogP contribution >= 0.6 is 0 Å². The number of aliphatic hydroxyl groups is 1. The Bertz CT molecular complexity index is 1460. The Labute approximate surface area is 283 Å². The van der Waals surface area contributed by atoms with Crippen LogP contribution in [0.25, 0.3) is 0 Å². The van der Waals surface area contributed by atoms with Gasteiger partial charge in [0.15, 0.2) is 11.5 Å². The molecule has 2 aliphatic heterocycles. The third-order valence-corrected chi connectivity index (χ3v) is 8.40. The van der Waals surface area contributed by atoms with Gasteiger partial charge in [0.2, 0.25) is 12.7 Å². The number of anilines is 2. The smallest absolute Gasteiger partial charge is 0.389 e. The van der Waals surface area contributed by atoms with E-state index in [1.54, 1.807) is 32.2 Å². The number of amides is 4. The van der Waals surface area contributed by atoms with Crippen LogP contribution < -0.4 is 24.8 Å². The molecule has 0 saturated carbocycles. The van der Waals surface area contributed by atoms with Gasteiger partial charge in [-0.05, 0) is 63.4 Å². The number of hydrogen-bond acceptors (Lipinski definition) is 8. The molecule has 0 bridgehead atoms. The summed E-state index contributed by atoms with van der Waals surface area (Å²) in [6.07, 6.45) is -5.21. The molecular weight excluding hydrogens is 649 g/mol. The summed E-state index contributed by atoms with van der Waals surface area (Å²) in [6, 6.07) is 8.44. The molecule has 2 aromatic carbocycles. The van der Waals surface area contributed by atoms with Crippen molar-refractivity contribution in [1.82, 2.24) is 9.80 Å². The zero-order chi connectivity index (χ0) is 35.7. The van der Waals surface area contributed by atoms with E-state index in [2.05, 4.69) is 10.6 Å². The quantitative estimate of drug-likeness (QED) is 0.322. The maximum Gasteiger partial charge on any atom is 0.389 e. The minimum Gasteiger partial charge on any atom is -0.490 e. The lowest BCUT2D eigenvalue weighted by Crippen LogP contribution is -2.48. The highest BCUT2D eigenvalue weighted by atomic mass is 19.4. The van der Waals surface area contributed by atoms with Crippen LogP contribution in [0.1, 0.15) is 63.2 Å². The van der Waals surface area contributed by atoms with Gasteiger partial charge in [0, 0.05) is 56.5 Å². The number of ether oxygens (including phenoxy) is 4. The highest BCUT2D eigenvalue weighted by Crippen LogP contribution is 2.34. The molecule has 0 radical (unpaired) electrons. The molecule has 0 aromatic heterocycles. The van der Waals surface area contributed by atoms with Gasteiger partial charge in [-0.25, -0.2) is 4.79 Å². The largest absolute Gasteiger partial charge is 0.490 e. The van der Waals surface area contributed by atoms with E-state index >= 15 is 0 Å². The van der Waals surface area contributed by atoms with E-state index in [0.29, 0.717) is 30.2 Å². The van der Waals surface area contributed by atoms with Crippen LogP contribution in [-0.4, -0.2) is 97.3 Å². The molecule has 0 aliphatic carbocycles. The molecule has 3 N–H and O–H groups in total. The maximum absolute atomic E-state index is 14.2. The first kappa shape index (κ1) is 37.6. The summed E-state index contributed by atoms with van der Waals surface area (Å²) >= 11 is 0. The van der Waals surface area contributed by atoms with Crippen LogP contribution in [0.4, 0.5) is 29.3 Å². The third-order valence-electron chi connectivity index (χ3n) is 8.40. The fourth-order valence-electron chi connectivity index (χ4n) is 5.49. The molecule has 2 heterocycles. The molecule has 4 rings (SSSR count). The highest BCUT2D eigenvalue weighted by Gasteiger charge is 2.32. The lowest BCUT2D eigenvalue weighted by Gasteiger charge is -2.35. The van der Waals surface area contributed by atoms with Gasteiger partial charge >= 0.3 is 12.2 Å². The molecule has 2 aliphatic rings. The van der Waals surface area contributed by atoms with E-state index in [4.69, 9.17) is 18.9 Å². The number of hydrogen-bond donors (Lipinski definition) is 3. The first-order valence-electron chi connectivity index (χ1n) is 16.4. The van der Waals surface area contributed by atoms with Gasteiger partial charge in [-0.2, -0.15) is 13.2 Å². The third kappa shape index (κ3) is 10.9. The average molecular weight is 695 g/mol. The lowest BCUT2D eigenvalue weighted by molar-refractivity contribution is -0.142. The molecule has 49 heavy (non-hydrogen) atoms. The number of nitrogens with one attached hydrogen (secondary N) is 2. The molecule has 4 amide bonds. The minimum absolute atomic E-state index is 0.0859. The van der Waals surface area contributed by atoms with Gasteiger partial charge < -0.3 is 44.5 Å². The van der Waals surface area contributed by atoms with E-state index in [9.17, 15) is 32.7 Å². The summed E-state index contributed by atoms with van der Waals surface area (Å²) in [7, 11) is 1.64. The van der Waals surface area contributed by atoms with Crippen LogP contribution in [0.15, 0.2) is 36.4 Å². The Balaban J connectivity index is 1.55. The Hall–Kier alpha value is -4.24. The Morgan fingerprint density at radius 1 is 1.04 bits per heavy atom. The van der Waals surface area contributed by atoms with Crippen molar-refractivity contribution >= 4 is 29.2 Å². The molecule has 12 nitrogen and oxygen atoms in total. The molecule has 0 spiro atoms. The second-order valence-corrected chi connectivity index (χ2v) is 12.6. The molecule has 0 saturated heterocycles. The second kappa shape index (κ2) is 16.9. The molecule has 0 fully saturated rings. The summed E-state index contributed by atoms with van der Waals surface area (Å²) in [4.78, 5) is 42.7.